The number of hydrogen-bond acceptors (Lipinski definition) is 0. The van der Waals surface area contributed by atoms with E-state index in [1.807, 2.05) is 0 Å². The molecule has 0 nitrogen and oxygen atoms in total. The molecule has 0 saturated carbocycles. The number of allylic oxidation sites excluding steroid dienone is 1. The van der Waals surface area contributed by atoms with Gasteiger partial charge in [0.25, 0.3) is 0 Å². The molecule has 0 aliphatic rings. The van der Waals surface area contributed by atoms with E-state index in [1.54, 1.807) is 0 Å². The molecule has 0 aliphatic heterocycles. The summed E-state index contributed by atoms with van der Waals surface area (Å²) in [5, 5.41) is 0. The van der Waals surface area contributed by atoms with Gasteiger partial charge in [-0.3, -0.25) is 0 Å². The smallest absolute Gasteiger partial charge is 0.0326 e. The minimum Gasteiger partial charge on any atom is -0.100 e. The standard InChI is InChI=1S/C12H24/c1-5-12(4)10-8-6-7-9-11(2)3/h12H,2,5-10H2,1,3-4H3. The zero-order valence-electron chi connectivity index (χ0n) is 9.03. The summed E-state index contributed by atoms with van der Waals surface area (Å²) >= 11 is 0. The normalized spacial score (nSPS) is 12.9. The zero-order valence-corrected chi connectivity index (χ0v) is 9.03. The van der Waals surface area contributed by atoms with Gasteiger partial charge in [0.1, 0.15) is 0 Å². The first-order valence-electron chi connectivity index (χ1n) is 5.31. The molecular formula is C12H24. The Kier molecular flexibility index (Phi) is 7.23. The minimum absolute atomic E-state index is 0.926. The average Bonchev–Trinajstić information content (AvgIpc) is 2.03. The lowest BCUT2D eigenvalue weighted by Gasteiger charge is -2.07. The second-order valence-electron chi connectivity index (χ2n) is 4.07. The van der Waals surface area contributed by atoms with Crippen LogP contribution < -0.4 is 0 Å². The SMILES string of the molecule is C=C(C)CCCCCC(C)CC. The van der Waals surface area contributed by atoms with E-state index in [1.165, 1.54) is 44.1 Å². The van der Waals surface area contributed by atoms with E-state index in [-0.39, 0.29) is 0 Å². The summed E-state index contributed by atoms with van der Waals surface area (Å²) in [7, 11) is 0. The molecule has 12 heavy (non-hydrogen) atoms. The van der Waals surface area contributed by atoms with Crippen molar-refractivity contribution in [1.29, 1.82) is 0 Å². The van der Waals surface area contributed by atoms with Gasteiger partial charge in [-0.2, -0.15) is 0 Å². The Morgan fingerprint density at radius 1 is 1.25 bits per heavy atom. The topological polar surface area (TPSA) is 0 Å². The van der Waals surface area contributed by atoms with Crippen molar-refractivity contribution in [2.24, 2.45) is 5.92 Å². The molecule has 0 spiro atoms. The maximum absolute atomic E-state index is 3.90. The summed E-state index contributed by atoms with van der Waals surface area (Å²) in [6, 6.07) is 0. The van der Waals surface area contributed by atoms with Crippen LogP contribution in [0.3, 0.4) is 0 Å². The molecule has 0 aliphatic carbocycles. The molecule has 0 heterocycles. The summed E-state index contributed by atoms with van der Waals surface area (Å²) in [4.78, 5) is 0. The summed E-state index contributed by atoms with van der Waals surface area (Å²) in [5.41, 5.74) is 1.33. The second kappa shape index (κ2) is 7.39. The van der Waals surface area contributed by atoms with E-state index < -0.39 is 0 Å². The van der Waals surface area contributed by atoms with Gasteiger partial charge in [0.15, 0.2) is 0 Å². The zero-order chi connectivity index (χ0) is 9.40. The van der Waals surface area contributed by atoms with E-state index >= 15 is 0 Å². The van der Waals surface area contributed by atoms with Gasteiger partial charge in [-0.05, 0) is 25.7 Å². The molecule has 0 heteroatoms. The first kappa shape index (κ1) is 11.7. The van der Waals surface area contributed by atoms with Gasteiger partial charge in [0.05, 0.1) is 0 Å². The molecule has 0 N–H and O–H groups in total. The fourth-order valence-electron chi connectivity index (χ4n) is 1.30. The predicted molar refractivity (Wildman–Crippen MR) is 57.4 cm³/mol. The predicted octanol–water partition coefficient (Wildman–Crippen LogP) is 4.56. The van der Waals surface area contributed by atoms with E-state index in [0.717, 1.165) is 5.92 Å². The van der Waals surface area contributed by atoms with Crippen LogP contribution in [-0.4, -0.2) is 0 Å². The first-order valence-corrected chi connectivity index (χ1v) is 5.31. The summed E-state index contributed by atoms with van der Waals surface area (Å²) in [6.45, 7) is 10.6. The van der Waals surface area contributed by atoms with E-state index in [4.69, 9.17) is 0 Å². The van der Waals surface area contributed by atoms with Gasteiger partial charge in [-0.25, -0.2) is 0 Å². The van der Waals surface area contributed by atoms with Gasteiger partial charge >= 0.3 is 0 Å². The van der Waals surface area contributed by atoms with E-state index in [2.05, 4.69) is 27.4 Å². The van der Waals surface area contributed by atoms with Crippen molar-refractivity contribution in [3.05, 3.63) is 12.2 Å². The third kappa shape index (κ3) is 7.84. The number of unbranched alkanes of at least 4 members (excludes halogenated alkanes) is 2. The van der Waals surface area contributed by atoms with Crippen molar-refractivity contribution in [2.45, 2.75) is 59.3 Å². The first-order chi connectivity index (χ1) is 5.66. The van der Waals surface area contributed by atoms with Gasteiger partial charge in [0, 0.05) is 0 Å². The largest absolute Gasteiger partial charge is 0.100 e. The third-order valence-electron chi connectivity index (χ3n) is 2.50. The number of rotatable bonds is 7. The van der Waals surface area contributed by atoms with Gasteiger partial charge in [-0.1, -0.05) is 45.1 Å². The van der Waals surface area contributed by atoms with Crippen molar-refractivity contribution < 1.29 is 0 Å². The third-order valence-corrected chi connectivity index (χ3v) is 2.50. The Hall–Kier alpha value is -0.260. The second-order valence-corrected chi connectivity index (χ2v) is 4.07. The molecule has 0 aromatic rings. The quantitative estimate of drug-likeness (QED) is 0.386. The molecule has 0 aromatic heterocycles. The summed E-state index contributed by atoms with van der Waals surface area (Å²) in [5.74, 6) is 0.926. The monoisotopic (exact) mass is 168 g/mol. The molecule has 0 amide bonds. The Morgan fingerprint density at radius 2 is 1.92 bits per heavy atom. The Labute approximate surface area is 78.1 Å². The molecular weight excluding hydrogens is 144 g/mol. The number of hydrogen-bond donors (Lipinski definition) is 0. The fourth-order valence-corrected chi connectivity index (χ4v) is 1.30. The highest BCUT2D eigenvalue weighted by atomic mass is 14.0. The van der Waals surface area contributed by atoms with Crippen LogP contribution in [-0.2, 0) is 0 Å². The van der Waals surface area contributed by atoms with Crippen LogP contribution in [0.15, 0.2) is 12.2 Å². The van der Waals surface area contributed by atoms with Crippen molar-refractivity contribution in [3.8, 4) is 0 Å². The van der Waals surface area contributed by atoms with Crippen LogP contribution in [0.4, 0.5) is 0 Å². The molecule has 0 rings (SSSR count). The molecule has 0 fully saturated rings. The van der Waals surface area contributed by atoms with Crippen molar-refractivity contribution in [1.82, 2.24) is 0 Å². The maximum atomic E-state index is 3.90. The molecule has 0 bridgehead atoms. The minimum atomic E-state index is 0.926. The lowest BCUT2D eigenvalue weighted by atomic mass is 10.00. The average molecular weight is 168 g/mol. The van der Waals surface area contributed by atoms with Crippen LogP contribution in [0, 0.1) is 5.92 Å². The Morgan fingerprint density at radius 3 is 2.42 bits per heavy atom. The summed E-state index contributed by atoms with van der Waals surface area (Å²) in [6.07, 6.45) is 8.10. The highest BCUT2D eigenvalue weighted by Gasteiger charge is 1.97. The van der Waals surface area contributed by atoms with Crippen LogP contribution in [0.1, 0.15) is 59.3 Å². The summed E-state index contributed by atoms with van der Waals surface area (Å²) < 4.78 is 0. The maximum Gasteiger partial charge on any atom is -0.0326 e. The van der Waals surface area contributed by atoms with Gasteiger partial charge in [-0.15, -0.1) is 6.58 Å². The van der Waals surface area contributed by atoms with E-state index in [9.17, 15) is 0 Å². The molecule has 1 unspecified atom stereocenters. The Bertz CT molecular complexity index is 113. The fraction of sp³-hybridized carbons (Fsp3) is 0.833. The Balaban J connectivity index is 3.05. The molecule has 0 radical (unpaired) electrons. The van der Waals surface area contributed by atoms with Crippen LogP contribution in [0.5, 0.6) is 0 Å². The van der Waals surface area contributed by atoms with E-state index in [0.29, 0.717) is 0 Å². The van der Waals surface area contributed by atoms with Crippen molar-refractivity contribution in [2.75, 3.05) is 0 Å². The van der Waals surface area contributed by atoms with Crippen LogP contribution in [0.25, 0.3) is 0 Å². The highest BCUT2D eigenvalue weighted by Crippen LogP contribution is 2.14. The van der Waals surface area contributed by atoms with Crippen molar-refractivity contribution >= 4 is 0 Å². The molecule has 72 valence electrons. The van der Waals surface area contributed by atoms with Crippen LogP contribution >= 0.6 is 0 Å². The highest BCUT2D eigenvalue weighted by molar-refractivity contribution is 4.86. The molecule has 0 saturated heterocycles. The van der Waals surface area contributed by atoms with Gasteiger partial charge in [0.2, 0.25) is 0 Å². The molecule has 0 aromatic carbocycles. The molecule has 1 atom stereocenters. The van der Waals surface area contributed by atoms with Crippen LogP contribution in [0.2, 0.25) is 0 Å². The lowest BCUT2D eigenvalue weighted by molar-refractivity contribution is 0.478. The van der Waals surface area contributed by atoms with Crippen molar-refractivity contribution in [3.63, 3.8) is 0 Å². The van der Waals surface area contributed by atoms with Gasteiger partial charge < -0.3 is 0 Å². The lowest BCUT2D eigenvalue weighted by Crippen LogP contribution is -1.91.